The number of hydrogen-bond donors (Lipinski definition) is 3. The van der Waals surface area contributed by atoms with Crippen LogP contribution in [0.25, 0.3) is 0 Å². The largest absolute Gasteiger partial charge is 0.397 e. The number of nitrogen functional groups attached to an aromatic ring is 1. The van der Waals surface area contributed by atoms with Crippen molar-refractivity contribution in [2.45, 2.75) is 0 Å². The fourth-order valence-electron chi connectivity index (χ4n) is 1.20. The smallest absolute Gasteiger partial charge is 0.125 e. The summed E-state index contributed by atoms with van der Waals surface area (Å²) in [6, 6.07) is 6.13. The van der Waals surface area contributed by atoms with E-state index in [0.717, 1.165) is 5.69 Å². The number of benzene rings is 1. The van der Waals surface area contributed by atoms with Gasteiger partial charge in [0.05, 0.1) is 17.1 Å². The molecule has 1 aromatic carbocycles. The van der Waals surface area contributed by atoms with E-state index < -0.39 is 0 Å². The minimum absolute atomic E-state index is 0.331. The van der Waals surface area contributed by atoms with Crippen LogP contribution in [0.2, 0.25) is 0 Å². The summed E-state index contributed by atoms with van der Waals surface area (Å²) in [6.45, 7) is 0. The van der Waals surface area contributed by atoms with Crippen LogP contribution in [0, 0.1) is 5.82 Å². The first kappa shape index (κ1) is 8.62. The summed E-state index contributed by atoms with van der Waals surface area (Å²) < 4.78 is 12.7. The lowest BCUT2D eigenvalue weighted by Gasteiger charge is -2.06. The van der Waals surface area contributed by atoms with Gasteiger partial charge in [-0.15, -0.1) is 0 Å². The Balaban J connectivity index is 2.25. The van der Waals surface area contributed by atoms with E-state index >= 15 is 0 Å². The Bertz CT molecular complexity index is 423. The minimum Gasteiger partial charge on any atom is -0.397 e. The summed E-state index contributed by atoms with van der Waals surface area (Å²) in [5, 5.41) is 3.06. The van der Waals surface area contributed by atoms with Gasteiger partial charge in [-0.3, -0.25) is 0 Å². The van der Waals surface area contributed by atoms with Gasteiger partial charge in [0, 0.05) is 12.4 Å². The predicted molar refractivity (Wildman–Crippen MR) is 54.9 cm³/mol. The lowest BCUT2D eigenvalue weighted by atomic mass is 10.2. The first-order chi connectivity index (χ1) is 6.75. The third-order valence-corrected chi connectivity index (χ3v) is 1.89. The van der Waals surface area contributed by atoms with E-state index in [2.05, 4.69) is 10.3 Å². The van der Waals surface area contributed by atoms with Gasteiger partial charge in [-0.25, -0.2) is 4.39 Å². The molecule has 2 aromatic rings. The molecule has 2 rings (SSSR count). The van der Waals surface area contributed by atoms with Crippen LogP contribution in [0.5, 0.6) is 0 Å². The molecule has 0 aliphatic carbocycles. The molecule has 0 fully saturated rings. The minimum atomic E-state index is -0.331. The van der Waals surface area contributed by atoms with Gasteiger partial charge < -0.3 is 16.0 Å². The molecule has 4 heteroatoms. The quantitative estimate of drug-likeness (QED) is 0.639. The Labute approximate surface area is 80.8 Å². The SMILES string of the molecule is Nc1cc(F)ccc1Nc1cc[nH]c1. The standard InChI is InChI=1S/C10H10FN3/c11-7-1-2-10(9(12)5-7)14-8-3-4-13-6-8/h1-6,13-14H,12H2. The number of nitrogens with two attached hydrogens (primary N) is 1. The number of anilines is 3. The predicted octanol–water partition coefficient (Wildman–Crippen LogP) is 2.48. The zero-order chi connectivity index (χ0) is 9.97. The van der Waals surface area contributed by atoms with Gasteiger partial charge in [-0.2, -0.15) is 0 Å². The van der Waals surface area contributed by atoms with E-state index in [4.69, 9.17) is 5.73 Å². The van der Waals surface area contributed by atoms with Gasteiger partial charge in [0.15, 0.2) is 0 Å². The fraction of sp³-hybridized carbons (Fsp3) is 0. The second-order valence-corrected chi connectivity index (χ2v) is 2.96. The summed E-state index contributed by atoms with van der Waals surface area (Å²) in [4.78, 5) is 2.90. The van der Waals surface area contributed by atoms with Crippen LogP contribution in [-0.4, -0.2) is 4.98 Å². The lowest BCUT2D eigenvalue weighted by Crippen LogP contribution is -1.95. The van der Waals surface area contributed by atoms with Gasteiger partial charge in [0.1, 0.15) is 5.82 Å². The highest BCUT2D eigenvalue weighted by Gasteiger charge is 2.00. The van der Waals surface area contributed by atoms with Crippen molar-refractivity contribution in [1.29, 1.82) is 0 Å². The second kappa shape index (κ2) is 3.41. The maximum Gasteiger partial charge on any atom is 0.125 e. The van der Waals surface area contributed by atoms with Gasteiger partial charge >= 0.3 is 0 Å². The summed E-state index contributed by atoms with van der Waals surface area (Å²) in [5.74, 6) is -0.331. The van der Waals surface area contributed by atoms with Crippen molar-refractivity contribution in [3.8, 4) is 0 Å². The molecule has 0 saturated heterocycles. The number of halogens is 1. The topological polar surface area (TPSA) is 53.8 Å². The summed E-state index contributed by atoms with van der Waals surface area (Å²) in [7, 11) is 0. The van der Waals surface area contributed by atoms with E-state index in [1.54, 1.807) is 18.5 Å². The number of aromatic nitrogens is 1. The van der Waals surface area contributed by atoms with Crippen molar-refractivity contribution in [2.75, 3.05) is 11.1 Å². The number of aromatic amines is 1. The number of rotatable bonds is 2. The molecule has 0 aliphatic rings. The second-order valence-electron chi connectivity index (χ2n) is 2.96. The summed E-state index contributed by atoms with van der Waals surface area (Å²) in [6.07, 6.45) is 3.59. The molecular formula is C10H10FN3. The zero-order valence-corrected chi connectivity index (χ0v) is 7.42. The van der Waals surface area contributed by atoms with Crippen LogP contribution in [0.1, 0.15) is 0 Å². The van der Waals surface area contributed by atoms with E-state index in [-0.39, 0.29) is 5.82 Å². The zero-order valence-electron chi connectivity index (χ0n) is 7.42. The van der Waals surface area contributed by atoms with Crippen molar-refractivity contribution >= 4 is 17.1 Å². The maximum absolute atomic E-state index is 12.7. The first-order valence-corrected chi connectivity index (χ1v) is 4.20. The van der Waals surface area contributed by atoms with Gasteiger partial charge in [-0.05, 0) is 24.3 Å². The Kier molecular flexibility index (Phi) is 2.10. The highest BCUT2D eigenvalue weighted by molar-refractivity contribution is 5.72. The van der Waals surface area contributed by atoms with Crippen molar-refractivity contribution < 1.29 is 4.39 Å². The summed E-state index contributed by atoms with van der Waals surface area (Å²) >= 11 is 0. The molecular weight excluding hydrogens is 181 g/mol. The molecule has 0 aliphatic heterocycles. The third kappa shape index (κ3) is 1.69. The highest BCUT2D eigenvalue weighted by atomic mass is 19.1. The molecule has 14 heavy (non-hydrogen) atoms. The van der Waals surface area contributed by atoms with E-state index in [0.29, 0.717) is 11.4 Å². The maximum atomic E-state index is 12.7. The van der Waals surface area contributed by atoms with Crippen LogP contribution in [0.15, 0.2) is 36.7 Å². The molecule has 0 spiro atoms. The van der Waals surface area contributed by atoms with Crippen LogP contribution < -0.4 is 11.1 Å². The Morgan fingerprint density at radius 2 is 2.14 bits per heavy atom. The van der Waals surface area contributed by atoms with Crippen molar-refractivity contribution in [3.05, 3.63) is 42.5 Å². The first-order valence-electron chi connectivity index (χ1n) is 4.20. The molecule has 0 radical (unpaired) electrons. The molecule has 0 unspecified atom stereocenters. The third-order valence-electron chi connectivity index (χ3n) is 1.89. The molecule has 1 aromatic heterocycles. The number of hydrogen-bond acceptors (Lipinski definition) is 2. The van der Waals surface area contributed by atoms with E-state index in [9.17, 15) is 4.39 Å². The fourth-order valence-corrected chi connectivity index (χ4v) is 1.20. The number of H-pyrrole nitrogens is 1. The molecule has 0 amide bonds. The molecule has 0 saturated carbocycles. The molecule has 0 bridgehead atoms. The highest BCUT2D eigenvalue weighted by Crippen LogP contribution is 2.23. The van der Waals surface area contributed by atoms with E-state index in [1.165, 1.54) is 12.1 Å². The van der Waals surface area contributed by atoms with Crippen LogP contribution in [0.3, 0.4) is 0 Å². The van der Waals surface area contributed by atoms with Crippen LogP contribution in [0.4, 0.5) is 21.5 Å². The molecule has 1 heterocycles. The monoisotopic (exact) mass is 191 g/mol. The van der Waals surface area contributed by atoms with Crippen molar-refractivity contribution in [3.63, 3.8) is 0 Å². The van der Waals surface area contributed by atoms with Gasteiger partial charge in [0.2, 0.25) is 0 Å². The Hall–Kier alpha value is -1.97. The summed E-state index contributed by atoms with van der Waals surface area (Å²) in [5.41, 5.74) is 7.61. The van der Waals surface area contributed by atoms with Gasteiger partial charge in [0.25, 0.3) is 0 Å². The molecule has 4 N–H and O–H groups in total. The average molecular weight is 191 g/mol. The molecule has 0 atom stereocenters. The van der Waals surface area contributed by atoms with Crippen LogP contribution >= 0.6 is 0 Å². The normalized spacial score (nSPS) is 10.1. The van der Waals surface area contributed by atoms with Gasteiger partial charge in [-0.1, -0.05) is 0 Å². The average Bonchev–Trinajstić information content (AvgIpc) is 2.62. The van der Waals surface area contributed by atoms with Crippen molar-refractivity contribution in [1.82, 2.24) is 4.98 Å². The Morgan fingerprint density at radius 1 is 1.29 bits per heavy atom. The van der Waals surface area contributed by atoms with E-state index in [1.807, 2.05) is 6.07 Å². The Morgan fingerprint density at radius 3 is 2.79 bits per heavy atom. The molecule has 72 valence electrons. The molecule has 3 nitrogen and oxygen atoms in total. The lowest BCUT2D eigenvalue weighted by molar-refractivity contribution is 0.628. The van der Waals surface area contributed by atoms with Crippen LogP contribution in [-0.2, 0) is 0 Å². The number of nitrogens with one attached hydrogen (secondary N) is 2. The van der Waals surface area contributed by atoms with Crippen molar-refractivity contribution in [2.24, 2.45) is 0 Å².